The fourth-order valence-electron chi connectivity index (χ4n) is 3.89. The van der Waals surface area contributed by atoms with Crippen LogP contribution >= 0.6 is 11.3 Å². The van der Waals surface area contributed by atoms with E-state index in [0.29, 0.717) is 56.6 Å². The van der Waals surface area contributed by atoms with Gasteiger partial charge in [-0.3, -0.25) is 5.32 Å². The Kier molecular flexibility index (Phi) is 9.86. The van der Waals surface area contributed by atoms with Gasteiger partial charge >= 0.3 is 5.97 Å². The maximum atomic E-state index is 12.3. The van der Waals surface area contributed by atoms with E-state index in [0.717, 1.165) is 21.8 Å². The lowest BCUT2D eigenvalue weighted by Crippen LogP contribution is -2.06. The largest absolute Gasteiger partial charge is 0.612 e. The number of carbonyl (C=O) groups is 1. The monoisotopic (exact) mass is 597 g/mol. The Morgan fingerprint density at radius 1 is 1.00 bits per heavy atom. The van der Waals surface area contributed by atoms with Crippen molar-refractivity contribution >= 4 is 45.4 Å². The van der Waals surface area contributed by atoms with E-state index >= 15 is 0 Å². The van der Waals surface area contributed by atoms with Crippen molar-refractivity contribution in [3.8, 4) is 28.5 Å². The first-order valence-electron chi connectivity index (χ1n) is 12.5. The molecule has 0 radical (unpaired) electrons. The molecule has 0 saturated carbocycles. The Labute approximate surface area is 245 Å². The van der Waals surface area contributed by atoms with Crippen molar-refractivity contribution in [1.29, 1.82) is 0 Å². The third-order valence-corrected chi connectivity index (χ3v) is 7.88. The van der Waals surface area contributed by atoms with Crippen molar-refractivity contribution in [2.24, 2.45) is 0 Å². The van der Waals surface area contributed by atoms with Gasteiger partial charge in [-0.1, -0.05) is 23.5 Å². The average Bonchev–Trinajstić information content (AvgIpc) is 3.34. The van der Waals surface area contributed by atoms with Crippen molar-refractivity contribution < 1.29 is 28.3 Å². The molecule has 0 amide bonds. The molecule has 1 unspecified atom stereocenters. The average molecular weight is 598 g/mol. The molecule has 2 aromatic heterocycles. The number of rotatable bonds is 12. The highest BCUT2D eigenvalue weighted by molar-refractivity contribution is 7.90. The Balaban J connectivity index is 1.71. The van der Waals surface area contributed by atoms with E-state index in [1.165, 1.54) is 0 Å². The Hall–Kier alpha value is -4.07. The van der Waals surface area contributed by atoms with Gasteiger partial charge in [0.25, 0.3) is 0 Å². The molecule has 2 N–H and O–H groups in total. The van der Waals surface area contributed by atoms with Crippen LogP contribution in [0, 0.1) is 6.92 Å². The molecule has 0 aliphatic rings. The first kappa shape index (κ1) is 29.9. The lowest BCUT2D eigenvalue weighted by molar-refractivity contribution is 0.0531. The molecule has 0 bridgehead atoms. The van der Waals surface area contributed by atoms with Crippen LogP contribution in [-0.4, -0.2) is 59.7 Å². The van der Waals surface area contributed by atoms with E-state index in [9.17, 15) is 9.35 Å². The quantitative estimate of drug-likeness (QED) is 0.164. The smallest absolute Gasteiger partial charge is 0.350 e. The molecule has 4 aromatic rings. The van der Waals surface area contributed by atoms with Gasteiger partial charge in [-0.2, -0.15) is 4.98 Å². The molecular weight excluding hydrogens is 566 g/mol. The predicted molar refractivity (Wildman–Crippen MR) is 159 cm³/mol. The molecule has 41 heavy (non-hydrogen) atoms. The summed E-state index contributed by atoms with van der Waals surface area (Å²) in [4.78, 5) is 27.3. The van der Waals surface area contributed by atoms with Crippen LogP contribution in [-0.2, 0) is 22.5 Å². The lowest BCUT2D eigenvalue weighted by atomic mass is 10.1. The van der Waals surface area contributed by atoms with E-state index in [2.05, 4.69) is 20.6 Å². The fraction of sp³-hybridized carbons (Fsp3) is 0.286. The van der Waals surface area contributed by atoms with Crippen molar-refractivity contribution in [2.45, 2.75) is 25.3 Å². The van der Waals surface area contributed by atoms with Crippen molar-refractivity contribution in [1.82, 2.24) is 15.0 Å². The zero-order valence-corrected chi connectivity index (χ0v) is 25.2. The summed E-state index contributed by atoms with van der Waals surface area (Å²) in [6, 6.07) is 12.9. The van der Waals surface area contributed by atoms with Crippen LogP contribution in [0.15, 0.2) is 47.4 Å². The van der Waals surface area contributed by atoms with Crippen LogP contribution in [0.25, 0.3) is 11.3 Å². The minimum Gasteiger partial charge on any atom is -0.612 e. The van der Waals surface area contributed by atoms with Crippen molar-refractivity contribution in [3.05, 3.63) is 58.6 Å². The molecule has 2 aromatic carbocycles. The van der Waals surface area contributed by atoms with Crippen LogP contribution in [0.2, 0.25) is 0 Å². The number of hydrogen-bond acceptors (Lipinski definition) is 12. The molecule has 4 rings (SSSR count). The summed E-state index contributed by atoms with van der Waals surface area (Å²) < 4.78 is 33.4. The van der Waals surface area contributed by atoms with Gasteiger partial charge < -0.3 is 28.8 Å². The molecule has 1 atom stereocenters. The number of nitrogens with zero attached hydrogens (tertiary/aromatic N) is 3. The number of ether oxygens (including phenoxy) is 4. The van der Waals surface area contributed by atoms with Gasteiger partial charge in [-0.05, 0) is 54.9 Å². The predicted octanol–water partition coefficient (Wildman–Crippen LogP) is 5.20. The number of carbonyl (C=O) groups excluding carboxylic acids is 1. The molecule has 2 heterocycles. The summed E-state index contributed by atoms with van der Waals surface area (Å²) >= 11 is 0.113. The summed E-state index contributed by atoms with van der Waals surface area (Å²) in [5.41, 5.74) is 2.80. The molecule has 0 fully saturated rings. The van der Waals surface area contributed by atoms with E-state index in [1.807, 2.05) is 24.3 Å². The Morgan fingerprint density at radius 2 is 1.68 bits per heavy atom. The molecule has 11 nitrogen and oxygen atoms in total. The summed E-state index contributed by atoms with van der Waals surface area (Å²) in [5, 5.41) is 6.90. The van der Waals surface area contributed by atoms with Crippen LogP contribution in [0.1, 0.15) is 27.9 Å². The number of thiazole rings is 1. The maximum Gasteiger partial charge on any atom is 0.350 e. The minimum absolute atomic E-state index is 0.264. The number of anilines is 3. The molecule has 13 heteroatoms. The fourth-order valence-corrected chi connectivity index (χ4v) is 5.27. The summed E-state index contributed by atoms with van der Waals surface area (Å²) in [7, 11) is 4.64. The van der Waals surface area contributed by atoms with E-state index in [4.69, 9.17) is 23.9 Å². The van der Waals surface area contributed by atoms with E-state index in [1.54, 1.807) is 59.6 Å². The maximum absolute atomic E-state index is 12.3. The first-order chi connectivity index (χ1) is 19.8. The van der Waals surface area contributed by atoms with Crippen LogP contribution in [0.3, 0.4) is 0 Å². The highest BCUT2D eigenvalue weighted by atomic mass is 32.2. The molecule has 0 spiro atoms. The third kappa shape index (κ3) is 7.17. The standard InChI is InChI=1S/C28H31N5O6S2/c1-7-39-26(34)25-16(2)30-28(40-25)33-27-31-20(18-12-21(36-3)24(38-5)22(13-18)37-4)14-23(32-27)29-15-17-8-10-19(11-9-17)41(6)35/h8-14H,7,15H2,1-6H3,(H2,29,30,31,32,33). The molecular formula is C28H31N5O6S2. The lowest BCUT2D eigenvalue weighted by Gasteiger charge is -2.15. The second-order valence-electron chi connectivity index (χ2n) is 8.61. The van der Waals surface area contributed by atoms with Gasteiger partial charge in [-0.15, -0.1) is 0 Å². The minimum atomic E-state index is -1.05. The number of hydrogen-bond donors (Lipinski definition) is 2. The molecule has 0 aliphatic heterocycles. The van der Waals surface area contributed by atoms with Crippen LogP contribution < -0.4 is 24.8 Å². The SMILES string of the molecule is CCOC(=O)c1sc(Nc2nc(NCc3ccc([S+](C)[O-])cc3)cc(-c3cc(OC)c(OC)c(OC)c3)n2)nc1C. The first-order valence-corrected chi connectivity index (χ1v) is 14.9. The molecule has 216 valence electrons. The highest BCUT2D eigenvalue weighted by Gasteiger charge is 2.19. The van der Waals surface area contributed by atoms with Gasteiger partial charge in [0.05, 0.1) is 39.3 Å². The van der Waals surface area contributed by atoms with Crippen molar-refractivity contribution in [2.75, 3.05) is 44.8 Å². The second kappa shape index (κ2) is 13.5. The summed E-state index contributed by atoms with van der Waals surface area (Å²) in [5.74, 6) is 1.79. The van der Waals surface area contributed by atoms with Gasteiger partial charge in [0.2, 0.25) is 11.7 Å². The summed E-state index contributed by atoms with van der Waals surface area (Å²) in [6.45, 7) is 4.23. The van der Waals surface area contributed by atoms with Crippen molar-refractivity contribution in [3.63, 3.8) is 0 Å². The Morgan fingerprint density at radius 3 is 2.27 bits per heavy atom. The topological polar surface area (TPSA) is 140 Å². The third-order valence-electron chi connectivity index (χ3n) is 5.89. The van der Waals surface area contributed by atoms with Gasteiger partial charge in [0.1, 0.15) is 17.0 Å². The van der Waals surface area contributed by atoms with E-state index in [-0.39, 0.29) is 12.6 Å². The zero-order chi connectivity index (χ0) is 29.5. The number of benzene rings is 2. The molecule has 0 saturated heterocycles. The highest BCUT2D eigenvalue weighted by Crippen LogP contribution is 2.41. The van der Waals surface area contributed by atoms with Gasteiger partial charge in [-0.25, -0.2) is 14.8 Å². The number of esters is 1. The van der Waals surface area contributed by atoms with Gasteiger partial charge in [0.15, 0.2) is 21.5 Å². The number of nitrogens with one attached hydrogen (secondary N) is 2. The van der Waals surface area contributed by atoms with Crippen LogP contribution in [0.4, 0.5) is 16.9 Å². The molecule has 0 aliphatic carbocycles. The zero-order valence-electron chi connectivity index (χ0n) is 23.6. The summed E-state index contributed by atoms with van der Waals surface area (Å²) in [6.07, 6.45) is 1.65. The number of methoxy groups -OCH3 is 3. The van der Waals surface area contributed by atoms with Gasteiger partial charge in [0, 0.05) is 18.2 Å². The number of aromatic nitrogens is 3. The van der Waals surface area contributed by atoms with E-state index < -0.39 is 17.1 Å². The number of aryl methyl sites for hydroxylation is 1. The second-order valence-corrected chi connectivity index (χ2v) is 11.0. The Bertz CT molecular complexity index is 1490. The van der Waals surface area contributed by atoms with Crippen LogP contribution in [0.5, 0.6) is 17.2 Å². The normalized spacial score (nSPS) is 11.5.